The van der Waals surface area contributed by atoms with Crippen molar-refractivity contribution in [1.29, 1.82) is 0 Å². The van der Waals surface area contributed by atoms with Gasteiger partial charge in [0.2, 0.25) is 0 Å². The van der Waals surface area contributed by atoms with Crippen molar-refractivity contribution in [3.63, 3.8) is 0 Å². The van der Waals surface area contributed by atoms with Crippen LogP contribution in [0.1, 0.15) is 0 Å². The number of nitrogens with two attached hydrogens (primary N) is 1. The summed E-state index contributed by atoms with van der Waals surface area (Å²) in [7, 11) is 0. The van der Waals surface area contributed by atoms with Crippen molar-refractivity contribution in [2.24, 2.45) is 0 Å². The quantitative estimate of drug-likeness (QED) is 0.611. The first-order valence-electron chi connectivity index (χ1n) is 7.08. The summed E-state index contributed by atoms with van der Waals surface area (Å²) in [6.07, 6.45) is 1.66. The van der Waals surface area contributed by atoms with Crippen LogP contribution < -0.4 is 5.73 Å². The van der Waals surface area contributed by atoms with E-state index in [4.69, 9.17) is 10.7 Å². The Bertz CT molecular complexity index is 924. The van der Waals surface area contributed by atoms with Gasteiger partial charge in [-0.1, -0.05) is 30.3 Å². The minimum atomic E-state index is 0.645. The molecular formula is C18H14N4. The van der Waals surface area contributed by atoms with Gasteiger partial charge in [-0.15, -0.1) is 0 Å². The topological polar surface area (TPSA) is 56.7 Å². The fourth-order valence-corrected chi connectivity index (χ4v) is 2.57. The molecule has 0 aliphatic heterocycles. The third-order valence-corrected chi connectivity index (χ3v) is 3.59. The molecule has 4 aromatic rings. The number of benzene rings is 2. The van der Waals surface area contributed by atoms with Gasteiger partial charge in [-0.05, 0) is 36.4 Å². The summed E-state index contributed by atoms with van der Waals surface area (Å²) in [6.45, 7) is 0. The molecule has 0 aliphatic rings. The molecule has 4 rings (SSSR count). The van der Waals surface area contributed by atoms with E-state index in [1.807, 2.05) is 48.5 Å². The van der Waals surface area contributed by atoms with E-state index in [1.54, 1.807) is 6.20 Å². The second kappa shape index (κ2) is 5.00. The summed E-state index contributed by atoms with van der Waals surface area (Å²) in [6, 6.07) is 22.0. The number of para-hydroxylation sites is 3. The van der Waals surface area contributed by atoms with Crippen molar-refractivity contribution in [3.05, 3.63) is 72.9 Å². The Kier molecular flexibility index (Phi) is 2.86. The summed E-state index contributed by atoms with van der Waals surface area (Å²) < 4.78 is 2.12. The van der Waals surface area contributed by atoms with Gasteiger partial charge < -0.3 is 5.73 Å². The first-order chi connectivity index (χ1) is 10.8. The number of aromatic nitrogens is 3. The molecule has 0 atom stereocenters. The van der Waals surface area contributed by atoms with Crippen LogP contribution in [-0.2, 0) is 0 Å². The normalized spacial score (nSPS) is 10.9. The second-order valence-electron chi connectivity index (χ2n) is 5.07. The van der Waals surface area contributed by atoms with Crippen LogP contribution >= 0.6 is 0 Å². The van der Waals surface area contributed by atoms with Gasteiger partial charge in [0.15, 0.2) is 5.82 Å². The van der Waals surface area contributed by atoms with E-state index < -0.39 is 0 Å². The Balaban J connectivity index is 2.04. The smallest absolute Gasteiger partial charge is 0.164 e. The van der Waals surface area contributed by atoms with E-state index in [9.17, 15) is 0 Å². The highest BCUT2D eigenvalue weighted by atomic mass is 15.1. The Morgan fingerprint density at radius 1 is 0.818 bits per heavy atom. The fourth-order valence-electron chi connectivity index (χ4n) is 2.57. The number of rotatable bonds is 2. The maximum absolute atomic E-state index is 5.74. The SMILES string of the molecule is Nc1ccc(-c2nc3ccccc3n2-c2ccccc2)nc1. The highest BCUT2D eigenvalue weighted by Crippen LogP contribution is 2.27. The van der Waals surface area contributed by atoms with Gasteiger partial charge in [-0.2, -0.15) is 0 Å². The molecule has 0 aliphatic carbocycles. The van der Waals surface area contributed by atoms with E-state index in [0.717, 1.165) is 28.2 Å². The first kappa shape index (κ1) is 12.6. The lowest BCUT2D eigenvalue weighted by molar-refractivity contribution is 1.08. The lowest BCUT2D eigenvalue weighted by atomic mass is 10.2. The van der Waals surface area contributed by atoms with Crippen molar-refractivity contribution in [2.75, 3.05) is 5.73 Å². The van der Waals surface area contributed by atoms with E-state index in [0.29, 0.717) is 5.69 Å². The standard InChI is InChI=1S/C18H14N4/c19-13-10-11-16(20-12-13)18-21-15-8-4-5-9-17(15)22(18)14-6-2-1-3-7-14/h1-12H,19H2. The summed E-state index contributed by atoms with van der Waals surface area (Å²) in [5.74, 6) is 0.812. The van der Waals surface area contributed by atoms with Gasteiger partial charge in [-0.25, -0.2) is 4.98 Å². The van der Waals surface area contributed by atoms with Crippen LogP contribution in [0.15, 0.2) is 72.9 Å². The summed E-state index contributed by atoms with van der Waals surface area (Å²) >= 11 is 0. The molecule has 22 heavy (non-hydrogen) atoms. The predicted molar refractivity (Wildman–Crippen MR) is 88.7 cm³/mol. The van der Waals surface area contributed by atoms with E-state index in [-0.39, 0.29) is 0 Å². The Hall–Kier alpha value is -3.14. The van der Waals surface area contributed by atoms with E-state index >= 15 is 0 Å². The largest absolute Gasteiger partial charge is 0.397 e. The summed E-state index contributed by atoms with van der Waals surface area (Å²) in [4.78, 5) is 9.17. The van der Waals surface area contributed by atoms with Crippen molar-refractivity contribution in [1.82, 2.24) is 14.5 Å². The number of imidazole rings is 1. The van der Waals surface area contributed by atoms with Crippen molar-refractivity contribution in [3.8, 4) is 17.2 Å². The molecular weight excluding hydrogens is 272 g/mol. The Morgan fingerprint density at radius 3 is 2.36 bits per heavy atom. The molecule has 2 heterocycles. The van der Waals surface area contributed by atoms with Crippen LogP contribution in [0.25, 0.3) is 28.2 Å². The predicted octanol–water partition coefficient (Wildman–Crippen LogP) is 3.67. The number of nitrogens with zero attached hydrogens (tertiary/aromatic N) is 3. The van der Waals surface area contributed by atoms with Crippen molar-refractivity contribution < 1.29 is 0 Å². The van der Waals surface area contributed by atoms with Gasteiger partial charge in [0, 0.05) is 5.69 Å². The average molecular weight is 286 g/mol. The fraction of sp³-hybridized carbons (Fsp3) is 0. The summed E-state index contributed by atoms with van der Waals surface area (Å²) in [5.41, 5.74) is 10.2. The van der Waals surface area contributed by atoms with E-state index in [1.165, 1.54) is 0 Å². The van der Waals surface area contributed by atoms with Gasteiger partial charge in [0.1, 0.15) is 5.69 Å². The van der Waals surface area contributed by atoms with Gasteiger partial charge in [-0.3, -0.25) is 9.55 Å². The number of hydrogen-bond acceptors (Lipinski definition) is 3. The molecule has 0 spiro atoms. The molecule has 2 aromatic heterocycles. The van der Waals surface area contributed by atoms with Gasteiger partial charge >= 0.3 is 0 Å². The number of fused-ring (bicyclic) bond motifs is 1. The van der Waals surface area contributed by atoms with Crippen LogP contribution in [0.4, 0.5) is 5.69 Å². The third-order valence-electron chi connectivity index (χ3n) is 3.59. The third kappa shape index (κ3) is 2.02. The zero-order valence-corrected chi connectivity index (χ0v) is 11.8. The summed E-state index contributed by atoms with van der Waals surface area (Å²) in [5, 5.41) is 0. The number of pyridine rings is 1. The molecule has 0 unspecified atom stereocenters. The van der Waals surface area contributed by atoms with Crippen LogP contribution in [0, 0.1) is 0 Å². The minimum Gasteiger partial charge on any atom is -0.397 e. The molecule has 0 saturated carbocycles. The number of nitrogen functional groups attached to an aromatic ring is 1. The zero-order valence-electron chi connectivity index (χ0n) is 11.8. The van der Waals surface area contributed by atoms with Crippen molar-refractivity contribution in [2.45, 2.75) is 0 Å². The second-order valence-corrected chi connectivity index (χ2v) is 5.07. The van der Waals surface area contributed by atoms with Crippen LogP contribution in [0.5, 0.6) is 0 Å². The number of anilines is 1. The molecule has 0 saturated heterocycles. The maximum atomic E-state index is 5.74. The maximum Gasteiger partial charge on any atom is 0.164 e. The first-order valence-corrected chi connectivity index (χ1v) is 7.08. The van der Waals surface area contributed by atoms with Crippen molar-refractivity contribution >= 4 is 16.7 Å². The highest BCUT2D eigenvalue weighted by Gasteiger charge is 2.14. The Morgan fingerprint density at radius 2 is 1.59 bits per heavy atom. The molecule has 106 valence electrons. The Labute approximate surface area is 127 Å². The van der Waals surface area contributed by atoms with Crippen LogP contribution in [0.3, 0.4) is 0 Å². The molecule has 2 aromatic carbocycles. The monoisotopic (exact) mass is 286 g/mol. The van der Waals surface area contributed by atoms with E-state index in [2.05, 4.69) is 27.8 Å². The molecule has 0 fully saturated rings. The average Bonchev–Trinajstić information content (AvgIpc) is 2.96. The molecule has 4 nitrogen and oxygen atoms in total. The highest BCUT2D eigenvalue weighted by molar-refractivity contribution is 5.82. The molecule has 0 amide bonds. The molecule has 4 heteroatoms. The van der Waals surface area contributed by atoms with Crippen LogP contribution in [0.2, 0.25) is 0 Å². The molecule has 2 N–H and O–H groups in total. The lowest BCUT2D eigenvalue weighted by Crippen LogP contribution is -1.99. The zero-order chi connectivity index (χ0) is 14.9. The lowest BCUT2D eigenvalue weighted by Gasteiger charge is -2.08. The van der Waals surface area contributed by atoms with Gasteiger partial charge in [0.25, 0.3) is 0 Å². The molecule has 0 radical (unpaired) electrons. The molecule has 0 bridgehead atoms. The van der Waals surface area contributed by atoms with Gasteiger partial charge in [0.05, 0.1) is 22.9 Å². The van der Waals surface area contributed by atoms with Crippen LogP contribution in [-0.4, -0.2) is 14.5 Å². The minimum absolute atomic E-state index is 0.645. The number of hydrogen-bond donors (Lipinski definition) is 1.